The summed E-state index contributed by atoms with van der Waals surface area (Å²) in [5.74, 6) is 0.584. The van der Waals surface area contributed by atoms with Crippen molar-refractivity contribution in [2.24, 2.45) is 11.3 Å². The Hall–Kier alpha value is -0.330. The molecule has 1 rings (SSSR count). The van der Waals surface area contributed by atoms with Gasteiger partial charge in [-0.2, -0.15) is 0 Å². The van der Waals surface area contributed by atoms with Gasteiger partial charge in [0, 0.05) is 0 Å². The standard InChI is InChI=1S/C14H25F/c1-6-12(4)14(11(2)3)9-7-13(5,15)8-10-14/h11H,4,6-10H2,1-3,5H3. The van der Waals surface area contributed by atoms with Crippen molar-refractivity contribution >= 4 is 0 Å². The lowest BCUT2D eigenvalue weighted by Crippen LogP contribution is -2.38. The molecule has 0 saturated heterocycles. The number of alkyl halides is 1. The van der Waals surface area contributed by atoms with Crippen LogP contribution >= 0.6 is 0 Å². The quantitative estimate of drug-likeness (QED) is 0.584. The first-order chi connectivity index (χ1) is 6.84. The molecule has 0 radical (unpaired) electrons. The van der Waals surface area contributed by atoms with Gasteiger partial charge in [-0.1, -0.05) is 32.9 Å². The minimum Gasteiger partial charge on any atom is -0.244 e. The van der Waals surface area contributed by atoms with Crippen LogP contribution in [-0.2, 0) is 0 Å². The van der Waals surface area contributed by atoms with Gasteiger partial charge in [-0.3, -0.25) is 0 Å². The highest BCUT2D eigenvalue weighted by Gasteiger charge is 2.43. The summed E-state index contributed by atoms with van der Waals surface area (Å²) >= 11 is 0. The zero-order chi connectivity index (χ0) is 11.7. The highest BCUT2D eigenvalue weighted by atomic mass is 19.1. The van der Waals surface area contributed by atoms with Gasteiger partial charge < -0.3 is 0 Å². The van der Waals surface area contributed by atoms with Crippen LogP contribution in [0, 0.1) is 11.3 Å². The van der Waals surface area contributed by atoms with Gasteiger partial charge in [0.15, 0.2) is 0 Å². The molecular formula is C14H25F. The van der Waals surface area contributed by atoms with E-state index in [1.165, 1.54) is 5.57 Å². The summed E-state index contributed by atoms with van der Waals surface area (Å²) in [4.78, 5) is 0. The zero-order valence-electron chi connectivity index (χ0n) is 10.7. The molecule has 15 heavy (non-hydrogen) atoms. The van der Waals surface area contributed by atoms with Crippen molar-refractivity contribution in [3.63, 3.8) is 0 Å². The summed E-state index contributed by atoms with van der Waals surface area (Å²) in [5, 5.41) is 0. The third-order valence-electron chi connectivity index (χ3n) is 4.42. The Bertz CT molecular complexity index is 228. The van der Waals surface area contributed by atoms with E-state index < -0.39 is 5.67 Å². The van der Waals surface area contributed by atoms with Crippen LogP contribution in [0.1, 0.15) is 59.8 Å². The largest absolute Gasteiger partial charge is 0.244 e. The number of rotatable bonds is 3. The maximum Gasteiger partial charge on any atom is 0.108 e. The molecule has 88 valence electrons. The molecule has 0 nitrogen and oxygen atoms in total. The van der Waals surface area contributed by atoms with Crippen molar-refractivity contribution in [2.75, 3.05) is 0 Å². The van der Waals surface area contributed by atoms with Crippen LogP contribution in [0.2, 0.25) is 0 Å². The fourth-order valence-corrected chi connectivity index (χ4v) is 2.91. The topological polar surface area (TPSA) is 0 Å². The highest BCUT2D eigenvalue weighted by Crippen LogP contribution is 2.51. The van der Waals surface area contributed by atoms with Crippen LogP contribution in [0.3, 0.4) is 0 Å². The molecular weight excluding hydrogens is 187 g/mol. The number of allylic oxidation sites excluding steroid dienone is 1. The SMILES string of the molecule is C=C(CC)C1(C(C)C)CCC(C)(F)CC1. The van der Waals surface area contributed by atoms with Gasteiger partial charge in [0.1, 0.15) is 5.67 Å². The molecule has 0 atom stereocenters. The van der Waals surface area contributed by atoms with Crippen molar-refractivity contribution in [3.8, 4) is 0 Å². The first kappa shape index (κ1) is 12.7. The monoisotopic (exact) mass is 212 g/mol. The van der Waals surface area contributed by atoms with Gasteiger partial charge in [0.2, 0.25) is 0 Å². The van der Waals surface area contributed by atoms with Crippen molar-refractivity contribution in [1.82, 2.24) is 0 Å². The predicted molar refractivity (Wildman–Crippen MR) is 64.7 cm³/mol. The second-order valence-corrected chi connectivity index (χ2v) is 5.68. The van der Waals surface area contributed by atoms with Crippen molar-refractivity contribution in [3.05, 3.63) is 12.2 Å². The van der Waals surface area contributed by atoms with Gasteiger partial charge in [0.05, 0.1) is 0 Å². The molecule has 1 heteroatoms. The zero-order valence-corrected chi connectivity index (χ0v) is 10.7. The molecule has 0 bridgehead atoms. The molecule has 0 N–H and O–H groups in total. The minimum absolute atomic E-state index is 0.209. The third kappa shape index (κ3) is 2.43. The molecule has 0 aromatic rings. The second kappa shape index (κ2) is 4.27. The van der Waals surface area contributed by atoms with Crippen molar-refractivity contribution < 1.29 is 4.39 Å². The molecule has 0 amide bonds. The molecule has 0 unspecified atom stereocenters. The lowest BCUT2D eigenvalue weighted by molar-refractivity contribution is 0.0452. The molecule has 1 aliphatic carbocycles. The van der Waals surface area contributed by atoms with Crippen LogP contribution in [0.25, 0.3) is 0 Å². The van der Waals surface area contributed by atoms with Gasteiger partial charge in [-0.05, 0) is 50.4 Å². The van der Waals surface area contributed by atoms with E-state index in [4.69, 9.17) is 0 Å². The molecule has 0 heterocycles. The Labute approximate surface area is 94.0 Å². The van der Waals surface area contributed by atoms with Crippen molar-refractivity contribution in [1.29, 1.82) is 0 Å². The Morgan fingerprint density at radius 3 is 2.07 bits per heavy atom. The van der Waals surface area contributed by atoms with E-state index in [1.807, 2.05) is 0 Å². The Morgan fingerprint density at radius 1 is 1.27 bits per heavy atom. The summed E-state index contributed by atoms with van der Waals surface area (Å²) in [6.07, 6.45) is 4.38. The highest BCUT2D eigenvalue weighted by molar-refractivity contribution is 5.14. The molecule has 1 fully saturated rings. The molecule has 0 aromatic heterocycles. The fraction of sp³-hybridized carbons (Fsp3) is 0.857. The van der Waals surface area contributed by atoms with E-state index >= 15 is 0 Å². The summed E-state index contributed by atoms with van der Waals surface area (Å²) in [6, 6.07) is 0. The van der Waals surface area contributed by atoms with E-state index in [-0.39, 0.29) is 5.41 Å². The minimum atomic E-state index is -0.938. The molecule has 1 aliphatic rings. The lowest BCUT2D eigenvalue weighted by Gasteiger charge is -2.46. The maximum atomic E-state index is 13.8. The molecule has 0 spiro atoms. The van der Waals surface area contributed by atoms with Crippen molar-refractivity contribution in [2.45, 2.75) is 65.5 Å². The second-order valence-electron chi connectivity index (χ2n) is 5.68. The number of halogens is 1. The van der Waals surface area contributed by atoms with Crippen LogP contribution < -0.4 is 0 Å². The van der Waals surface area contributed by atoms with Gasteiger partial charge in [0.25, 0.3) is 0 Å². The van der Waals surface area contributed by atoms with Crippen LogP contribution in [0.4, 0.5) is 4.39 Å². The van der Waals surface area contributed by atoms with Gasteiger partial charge in [-0.25, -0.2) is 4.39 Å². The first-order valence-corrected chi connectivity index (χ1v) is 6.21. The molecule has 0 aliphatic heterocycles. The Balaban J connectivity index is 2.83. The predicted octanol–water partition coefficient (Wildman–Crippen LogP) is 4.90. The third-order valence-corrected chi connectivity index (χ3v) is 4.42. The van der Waals surface area contributed by atoms with Gasteiger partial charge in [-0.15, -0.1) is 0 Å². The normalized spacial score (nSPS) is 36.9. The van der Waals surface area contributed by atoms with Crippen LogP contribution in [0.15, 0.2) is 12.2 Å². The summed E-state index contributed by atoms with van der Waals surface area (Å²) < 4.78 is 13.8. The average Bonchev–Trinajstić information content (AvgIpc) is 2.17. The lowest BCUT2D eigenvalue weighted by atomic mass is 9.60. The van der Waals surface area contributed by atoms with E-state index in [0.717, 1.165) is 19.3 Å². The van der Waals surface area contributed by atoms with Crippen LogP contribution in [-0.4, -0.2) is 5.67 Å². The maximum absolute atomic E-state index is 13.8. The average molecular weight is 212 g/mol. The number of hydrogen-bond acceptors (Lipinski definition) is 0. The Kier molecular flexibility index (Phi) is 3.63. The van der Waals surface area contributed by atoms with E-state index in [9.17, 15) is 4.39 Å². The van der Waals surface area contributed by atoms with E-state index in [1.54, 1.807) is 6.92 Å². The summed E-state index contributed by atoms with van der Waals surface area (Å²) in [7, 11) is 0. The van der Waals surface area contributed by atoms with Crippen LogP contribution in [0.5, 0.6) is 0 Å². The van der Waals surface area contributed by atoms with E-state index in [2.05, 4.69) is 27.4 Å². The van der Waals surface area contributed by atoms with Gasteiger partial charge >= 0.3 is 0 Å². The van der Waals surface area contributed by atoms with E-state index in [0.29, 0.717) is 18.8 Å². The fourth-order valence-electron chi connectivity index (χ4n) is 2.91. The molecule has 0 aromatic carbocycles. The summed E-state index contributed by atoms with van der Waals surface area (Å²) in [6.45, 7) is 12.6. The Morgan fingerprint density at radius 2 is 1.73 bits per heavy atom. The first-order valence-electron chi connectivity index (χ1n) is 6.21. The molecule has 1 saturated carbocycles. The number of hydrogen-bond donors (Lipinski definition) is 0. The smallest absolute Gasteiger partial charge is 0.108 e. The summed E-state index contributed by atoms with van der Waals surface area (Å²) in [5.41, 5.74) is 0.597.